The number of methoxy groups -OCH3 is 1. The van der Waals surface area contributed by atoms with Crippen molar-refractivity contribution >= 4 is 61.6 Å². The molecular formula is C52H66F5N9O8SSi. The number of hydrogen-bond donors (Lipinski definition) is 2. The summed E-state index contributed by atoms with van der Waals surface area (Å²) in [5.41, 5.74) is 4.52. The molecule has 4 aromatic rings. The summed E-state index contributed by atoms with van der Waals surface area (Å²) in [4.78, 5) is 84.5. The third kappa shape index (κ3) is 12.1. The van der Waals surface area contributed by atoms with Crippen LogP contribution in [0, 0.1) is 11.3 Å². The molecule has 3 aromatic heterocycles. The van der Waals surface area contributed by atoms with E-state index < -0.39 is 90.1 Å². The van der Waals surface area contributed by atoms with Gasteiger partial charge in [-0.2, -0.15) is 13.2 Å². The van der Waals surface area contributed by atoms with Crippen LogP contribution in [0.1, 0.15) is 69.8 Å². The Morgan fingerprint density at radius 2 is 1.87 bits per heavy atom. The zero-order chi connectivity index (χ0) is 55.0. The number of nitrogens with zero attached hydrogens (tertiary/aromatic N) is 7. The van der Waals surface area contributed by atoms with Gasteiger partial charge in [-0.15, -0.1) is 11.3 Å². The normalized spacial score (nSPS) is 23.3. The predicted octanol–water partition coefficient (Wildman–Crippen LogP) is 5.29. The number of likely N-dealkylation sites (N-methyl/N-ethyl adjacent to an activating group) is 1. The van der Waals surface area contributed by atoms with Crippen molar-refractivity contribution < 1.29 is 60.1 Å². The minimum absolute atomic E-state index is 0.0263. The number of carbonyl (C=O) groups excluding carboxylic acids is 5. The molecule has 5 amide bonds. The first kappa shape index (κ1) is 56.5. The van der Waals surface area contributed by atoms with Crippen LogP contribution in [0.25, 0.3) is 33.4 Å². The number of fused-ring (bicyclic) bond motifs is 7. The number of ether oxygens (including phenoxy) is 3. The van der Waals surface area contributed by atoms with E-state index >= 15 is 0 Å². The number of nitrogens with one attached hydrogen (secondary N) is 2. The smallest absolute Gasteiger partial charge is 0.378 e. The van der Waals surface area contributed by atoms with Gasteiger partial charge in [0.1, 0.15) is 29.6 Å². The van der Waals surface area contributed by atoms with E-state index in [1.165, 1.54) is 49.8 Å². The molecule has 0 radical (unpaired) electrons. The summed E-state index contributed by atoms with van der Waals surface area (Å²) in [5.74, 6) is -2.31. The van der Waals surface area contributed by atoms with Gasteiger partial charge in [0.2, 0.25) is 11.8 Å². The SMILES string of the molecule is CO[C@@H](C)c1ncccc1-c1c2c3cc(ccc3n1CC(F)(F)F)-c1csc(n1)C[C@H](NC(=O)[C@H](C(C)C)N(C)C(=O)N1C[C@@H]3OCCN(C(=O)/C=C/C(F)F)[C@@H]3C1)C(=O)N1CCC[C@@](C(=O)[SiH3])(COCC(C)(C)C2)N1. The molecule has 3 fully saturated rings. The number of morpholine rings is 1. The first-order valence-corrected chi connectivity index (χ1v) is 27.3. The fraction of sp³-hybridized carbons (Fsp3) is 0.558. The van der Waals surface area contributed by atoms with Gasteiger partial charge in [0, 0.05) is 79.9 Å². The Bertz CT molecular complexity index is 2860. The molecule has 6 atom stereocenters. The van der Waals surface area contributed by atoms with Crippen LogP contribution in [-0.4, -0.2) is 176 Å². The van der Waals surface area contributed by atoms with Crippen molar-refractivity contribution in [2.75, 3.05) is 60.2 Å². The van der Waals surface area contributed by atoms with Crippen LogP contribution in [0.15, 0.2) is 54.1 Å². The third-order valence-electron chi connectivity index (χ3n) is 14.8. The van der Waals surface area contributed by atoms with Crippen molar-refractivity contribution in [3.05, 3.63) is 70.3 Å². The van der Waals surface area contributed by atoms with Crippen molar-refractivity contribution in [3.63, 3.8) is 0 Å². The van der Waals surface area contributed by atoms with Crippen LogP contribution in [0.4, 0.5) is 26.7 Å². The lowest BCUT2D eigenvalue weighted by Gasteiger charge is -2.43. The Labute approximate surface area is 444 Å². The minimum Gasteiger partial charge on any atom is -0.378 e. The number of rotatable bonds is 11. The lowest BCUT2D eigenvalue weighted by atomic mass is 9.84. The highest BCUT2D eigenvalue weighted by Gasteiger charge is 2.47. The first-order valence-electron chi connectivity index (χ1n) is 25.4. The zero-order valence-electron chi connectivity index (χ0n) is 43.9. The summed E-state index contributed by atoms with van der Waals surface area (Å²) < 4.78 is 89.5. The predicted molar refractivity (Wildman–Crippen MR) is 277 cm³/mol. The number of aromatic nitrogens is 3. The molecule has 24 heteroatoms. The van der Waals surface area contributed by atoms with E-state index in [1.54, 1.807) is 56.6 Å². The number of allylic oxidation sites excluding steroid dienone is 1. The highest BCUT2D eigenvalue weighted by molar-refractivity contribution is 7.10. The molecule has 6 bridgehead atoms. The number of benzene rings is 1. The van der Waals surface area contributed by atoms with Crippen molar-refractivity contribution in [1.29, 1.82) is 0 Å². The van der Waals surface area contributed by atoms with Crippen molar-refractivity contribution in [1.82, 2.24) is 45.0 Å². The van der Waals surface area contributed by atoms with Gasteiger partial charge < -0.3 is 43.6 Å². The van der Waals surface area contributed by atoms with E-state index in [1.807, 2.05) is 19.9 Å². The molecule has 3 saturated heterocycles. The monoisotopic (exact) mass is 1100 g/mol. The van der Waals surface area contributed by atoms with Crippen molar-refractivity contribution in [2.24, 2.45) is 11.3 Å². The summed E-state index contributed by atoms with van der Waals surface area (Å²) in [6.45, 7) is 8.45. The molecule has 7 heterocycles. The topological polar surface area (TPSA) is 181 Å². The standard InChI is InChI=1S/C52H66F5N9O8SSi/c1-29(2)44(62(6)49(71)63-23-38-39(24-63)74-19-18-64(38)42(67)14-13-40(53)54)46(68)60-35-21-41-59-36(25-75-41)31-11-12-37-33(20-31)34(45(65(37)26-52(55,56)57)32-10-8-16-58-43(32)30(3)72-7)22-50(4,5)27-73-28-51(48(70)76)15-9-17-66(61-51)47(35)69/h8,10-14,16,20,25,29-30,35,38-40,44,61H,9,15,17-19,21-24,26-28H2,1-7,76H3,(H,60,68)/b14-13+/t30-,35-,38+,39-,44-,51-/m0/s1. The second kappa shape index (κ2) is 22.7. The molecule has 4 aliphatic heterocycles. The maximum Gasteiger partial charge on any atom is 0.406 e. The zero-order valence-corrected chi connectivity index (χ0v) is 46.7. The van der Waals surface area contributed by atoms with Crippen LogP contribution < -0.4 is 10.7 Å². The number of thiazole rings is 1. The van der Waals surface area contributed by atoms with Gasteiger partial charge in [-0.25, -0.2) is 24.0 Å². The van der Waals surface area contributed by atoms with Gasteiger partial charge in [0.15, 0.2) is 0 Å². The van der Waals surface area contributed by atoms with Crippen molar-refractivity contribution in [3.8, 4) is 22.5 Å². The number of alkyl halides is 5. The summed E-state index contributed by atoms with van der Waals surface area (Å²) in [5, 5.41) is 6.93. The van der Waals surface area contributed by atoms with Crippen LogP contribution >= 0.6 is 11.3 Å². The molecule has 412 valence electrons. The van der Waals surface area contributed by atoms with Gasteiger partial charge in [-0.05, 0) is 73.4 Å². The quantitative estimate of drug-likeness (QED) is 0.113. The molecule has 0 aliphatic carbocycles. The van der Waals surface area contributed by atoms with Crippen molar-refractivity contribution in [2.45, 2.75) is 115 Å². The summed E-state index contributed by atoms with van der Waals surface area (Å²) in [6.07, 6.45) is -4.78. The van der Waals surface area contributed by atoms with Gasteiger partial charge in [-0.1, -0.05) is 33.8 Å². The highest BCUT2D eigenvalue weighted by Crippen LogP contribution is 2.43. The average Bonchev–Trinajstić information content (AvgIpc) is 4.10. The summed E-state index contributed by atoms with van der Waals surface area (Å²) in [6, 6.07) is 5.08. The number of hydrazine groups is 1. The summed E-state index contributed by atoms with van der Waals surface area (Å²) in [7, 11) is 3.08. The first-order chi connectivity index (χ1) is 35.9. The Morgan fingerprint density at radius 1 is 1.11 bits per heavy atom. The number of urea groups is 1. The number of likely N-dealkylation sites (tertiary alicyclic amines) is 1. The number of amides is 5. The lowest BCUT2D eigenvalue weighted by Crippen LogP contribution is -2.68. The number of carbonyl (C=O) groups is 5. The molecular weight excluding hydrogens is 1030 g/mol. The highest BCUT2D eigenvalue weighted by atomic mass is 32.1. The van der Waals surface area contributed by atoms with Crippen LogP contribution in [0.5, 0.6) is 0 Å². The van der Waals surface area contributed by atoms with Gasteiger partial charge in [0.25, 0.3) is 12.3 Å². The van der Waals surface area contributed by atoms with E-state index in [-0.39, 0.29) is 74.5 Å². The summed E-state index contributed by atoms with van der Waals surface area (Å²) >= 11 is 1.23. The largest absolute Gasteiger partial charge is 0.406 e. The Morgan fingerprint density at radius 3 is 2.57 bits per heavy atom. The second-order valence-electron chi connectivity index (χ2n) is 21.3. The van der Waals surface area contributed by atoms with Crippen LogP contribution in [0.3, 0.4) is 0 Å². The minimum atomic E-state index is -4.61. The maximum atomic E-state index is 15.0. The second-order valence-corrected chi connectivity index (χ2v) is 23.2. The Hall–Kier alpha value is -5.66. The number of pyridine rings is 1. The average molecular weight is 1100 g/mol. The Kier molecular flexibility index (Phi) is 16.9. The molecule has 8 rings (SSSR count). The molecule has 0 spiro atoms. The molecule has 4 aliphatic rings. The maximum absolute atomic E-state index is 15.0. The number of halogens is 5. The molecule has 0 unspecified atom stereocenters. The molecule has 17 nitrogen and oxygen atoms in total. The molecule has 1 aromatic carbocycles. The molecule has 0 saturated carbocycles. The van der Waals surface area contributed by atoms with E-state index in [0.717, 1.165) is 6.08 Å². The fourth-order valence-electron chi connectivity index (χ4n) is 11.0. The number of hydrogen-bond acceptors (Lipinski definition) is 12. The van der Waals surface area contributed by atoms with Crippen LogP contribution in [-0.2, 0) is 52.8 Å². The van der Waals surface area contributed by atoms with Gasteiger partial charge >= 0.3 is 12.2 Å². The van der Waals surface area contributed by atoms with E-state index in [4.69, 9.17) is 19.2 Å². The van der Waals surface area contributed by atoms with Gasteiger partial charge in [-0.3, -0.25) is 24.4 Å². The van der Waals surface area contributed by atoms with E-state index in [2.05, 4.69) is 15.7 Å². The fourth-order valence-corrected chi connectivity index (χ4v) is 12.4. The van der Waals surface area contributed by atoms with E-state index in [0.29, 0.717) is 68.6 Å². The molecule has 76 heavy (non-hydrogen) atoms. The third-order valence-corrected chi connectivity index (χ3v) is 16.6. The van der Waals surface area contributed by atoms with Gasteiger partial charge in [0.05, 0.1) is 76.9 Å². The lowest BCUT2D eigenvalue weighted by molar-refractivity contribution is -0.148. The molecule has 2 N–H and O–H groups in total. The van der Waals surface area contributed by atoms with Crippen LogP contribution in [0.2, 0.25) is 0 Å². The van der Waals surface area contributed by atoms with E-state index in [9.17, 15) is 45.9 Å². The Balaban J connectivity index is 1.16.